The Morgan fingerprint density at radius 2 is 2.20 bits per heavy atom. The van der Waals surface area contributed by atoms with Gasteiger partial charge in [0.25, 0.3) is 0 Å². The fraction of sp³-hybridized carbons (Fsp3) is 0.455. The van der Waals surface area contributed by atoms with E-state index in [9.17, 15) is 4.39 Å². The Morgan fingerprint density at radius 1 is 1.47 bits per heavy atom. The fourth-order valence-electron chi connectivity index (χ4n) is 1.32. The molecule has 0 fully saturated rings. The summed E-state index contributed by atoms with van der Waals surface area (Å²) in [6, 6.07) is 4.97. The molecule has 0 saturated heterocycles. The van der Waals surface area contributed by atoms with Crippen LogP contribution >= 0.6 is 15.9 Å². The number of rotatable bonds is 5. The summed E-state index contributed by atoms with van der Waals surface area (Å²) in [6.07, 6.45) is 0. The Bertz CT molecular complexity index is 317. The zero-order valence-corrected chi connectivity index (χ0v) is 10.6. The van der Waals surface area contributed by atoms with E-state index in [1.54, 1.807) is 12.1 Å². The van der Waals surface area contributed by atoms with E-state index in [-0.39, 0.29) is 5.82 Å². The maximum absolute atomic E-state index is 13.4. The predicted molar refractivity (Wildman–Crippen MR) is 65.9 cm³/mol. The van der Waals surface area contributed by atoms with E-state index in [2.05, 4.69) is 28.2 Å². The molecule has 15 heavy (non-hydrogen) atoms. The van der Waals surface area contributed by atoms with Crippen LogP contribution in [0.3, 0.4) is 0 Å². The number of anilines is 1. The number of likely N-dealkylation sites (N-methyl/N-ethyl adjacent to an activating group) is 2. The van der Waals surface area contributed by atoms with Crippen molar-refractivity contribution in [3.05, 3.63) is 28.5 Å². The number of halogens is 2. The summed E-state index contributed by atoms with van der Waals surface area (Å²) in [7, 11) is 1.89. The largest absolute Gasteiger partial charge is 0.371 e. The van der Waals surface area contributed by atoms with Gasteiger partial charge in [-0.05, 0) is 24.7 Å². The van der Waals surface area contributed by atoms with Crippen molar-refractivity contribution in [1.29, 1.82) is 0 Å². The van der Waals surface area contributed by atoms with E-state index in [4.69, 9.17) is 0 Å². The Labute approximate surface area is 98.6 Å². The number of nitrogens with one attached hydrogen (secondary N) is 1. The second-order valence-corrected chi connectivity index (χ2v) is 4.29. The van der Waals surface area contributed by atoms with Crippen molar-refractivity contribution in [2.45, 2.75) is 6.92 Å². The summed E-state index contributed by atoms with van der Waals surface area (Å²) in [6.45, 7) is 4.65. The molecule has 1 aromatic rings. The van der Waals surface area contributed by atoms with Gasteiger partial charge in [-0.3, -0.25) is 0 Å². The number of hydrogen-bond donors (Lipinski definition) is 1. The SMILES string of the molecule is CCNCCN(C)c1cc(Br)ccc1F. The molecule has 0 spiro atoms. The van der Waals surface area contributed by atoms with Crippen LogP contribution in [0.2, 0.25) is 0 Å². The highest BCUT2D eigenvalue weighted by molar-refractivity contribution is 9.10. The average Bonchev–Trinajstić information content (AvgIpc) is 2.22. The molecule has 1 rings (SSSR count). The van der Waals surface area contributed by atoms with Crippen LogP contribution in [-0.4, -0.2) is 26.7 Å². The first-order chi connectivity index (χ1) is 7.15. The molecule has 0 aromatic heterocycles. The van der Waals surface area contributed by atoms with Gasteiger partial charge in [-0.25, -0.2) is 4.39 Å². The van der Waals surface area contributed by atoms with Gasteiger partial charge in [0, 0.05) is 24.6 Å². The quantitative estimate of drug-likeness (QED) is 0.831. The summed E-state index contributed by atoms with van der Waals surface area (Å²) in [5, 5.41) is 3.21. The van der Waals surface area contributed by atoms with Crippen LogP contribution in [0.15, 0.2) is 22.7 Å². The van der Waals surface area contributed by atoms with Crippen LogP contribution < -0.4 is 10.2 Å². The molecule has 0 saturated carbocycles. The Hall–Kier alpha value is -0.610. The lowest BCUT2D eigenvalue weighted by molar-refractivity contribution is 0.618. The Morgan fingerprint density at radius 3 is 2.87 bits per heavy atom. The first-order valence-corrected chi connectivity index (χ1v) is 5.81. The van der Waals surface area contributed by atoms with Gasteiger partial charge in [0.1, 0.15) is 5.82 Å². The van der Waals surface area contributed by atoms with Gasteiger partial charge in [0.2, 0.25) is 0 Å². The van der Waals surface area contributed by atoms with Gasteiger partial charge >= 0.3 is 0 Å². The maximum atomic E-state index is 13.4. The lowest BCUT2D eigenvalue weighted by Crippen LogP contribution is -2.29. The topological polar surface area (TPSA) is 15.3 Å². The van der Waals surface area contributed by atoms with Crippen molar-refractivity contribution in [2.24, 2.45) is 0 Å². The highest BCUT2D eigenvalue weighted by Crippen LogP contribution is 2.22. The minimum absolute atomic E-state index is 0.183. The van der Waals surface area contributed by atoms with Crippen molar-refractivity contribution in [3.63, 3.8) is 0 Å². The first-order valence-electron chi connectivity index (χ1n) is 5.02. The Kier molecular flexibility index (Phi) is 5.05. The van der Waals surface area contributed by atoms with Gasteiger partial charge in [-0.2, -0.15) is 0 Å². The van der Waals surface area contributed by atoms with Crippen LogP contribution in [-0.2, 0) is 0 Å². The van der Waals surface area contributed by atoms with Crippen molar-refractivity contribution in [2.75, 3.05) is 31.6 Å². The molecular weight excluding hydrogens is 259 g/mol. The highest BCUT2D eigenvalue weighted by atomic mass is 79.9. The van der Waals surface area contributed by atoms with Crippen molar-refractivity contribution < 1.29 is 4.39 Å². The summed E-state index contributed by atoms with van der Waals surface area (Å²) >= 11 is 3.34. The van der Waals surface area contributed by atoms with Crippen LogP contribution in [0.5, 0.6) is 0 Å². The molecule has 0 aliphatic heterocycles. The molecule has 0 heterocycles. The lowest BCUT2D eigenvalue weighted by Gasteiger charge is -2.20. The zero-order chi connectivity index (χ0) is 11.3. The molecular formula is C11H16BrFN2. The van der Waals surface area contributed by atoms with Crippen molar-refractivity contribution >= 4 is 21.6 Å². The molecule has 0 atom stereocenters. The molecule has 0 radical (unpaired) electrons. The zero-order valence-electron chi connectivity index (χ0n) is 9.06. The van der Waals surface area contributed by atoms with Gasteiger partial charge in [0.05, 0.1) is 5.69 Å². The first kappa shape index (κ1) is 12.5. The smallest absolute Gasteiger partial charge is 0.146 e. The molecule has 0 aliphatic carbocycles. The standard InChI is InChI=1S/C11H16BrFN2/c1-3-14-6-7-15(2)11-8-9(12)4-5-10(11)13/h4-5,8,14H,3,6-7H2,1-2H3. The third kappa shape index (κ3) is 3.80. The van der Waals surface area contributed by atoms with Crippen LogP contribution in [0.1, 0.15) is 6.92 Å². The van der Waals surface area contributed by atoms with Crippen molar-refractivity contribution in [3.8, 4) is 0 Å². The van der Waals surface area contributed by atoms with Gasteiger partial charge in [0.15, 0.2) is 0 Å². The molecule has 4 heteroatoms. The van der Waals surface area contributed by atoms with E-state index in [1.807, 2.05) is 11.9 Å². The summed E-state index contributed by atoms with van der Waals surface area (Å²) in [5.74, 6) is -0.183. The number of benzene rings is 1. The minimum atomic E-state index is -0.183. The second kappa shape index (κ2) is 6.08. The molecule has 0 amide bonds. The van der Waals surface area contributed by atoms with E-state index in [0.717, 1.165) is 24.1 Å². The highest BCUT2D eigenvalue weighted by Gasteiger charge is 2.07. The fourth-order valence-corrected chi connectivity index (χ4v) is 1.67. The van der Waals surface area contributed by atoms with Crippen LogP contribution in [0, 0.1) is 5.82 Å². The van der Waals surface area contributed by atoms with E-state index >= 15 is 0 Å². The summed E-state index contributed by atoms with van der Waals surface area (Å²) < 4.78 is 14.3. The monoisotopic (exact) mass is 274 g/mol. The normalized spacial score (nSPS) is 10.4. The summed E-state index contributed by atoms with van der Waals surface area (Å²) in [4.78, 5) is 1.91. The minimum Gasteiger partial charge on any atom is -0.371 e. The van der Waals surface area contributed by atoms with Gasteiger partial charge < -0.3 is 10.2 Å². The number of nitrogens with zero attached hydrogens (tertiary/aromatic N) is 1. The van der Waals surface area contributed by atoms with Crippen molar-refractivity contribution in [1.82, 2.24) is 5.32 Å². The molecule has 0 unspecified atom stereocenters. The molecule has 84 valence electrons. The molecule has 1 aromatic carbocycles. The maximum Gasteiger partial charge on any atom is 0.146 e. The predicted octanol–water partition coefficient (Wildman–Crippen LogP) is 2.63. The summed E-state index contributed by atoms with van der Waals surface area (Å²) in [5.41, 5.74) is 0.627. The van der Waals surface area contributed by atoms with E-state index in [0.29, 0.717) is 5.69 Å². The third-order valence-electron chi connectivity index (χ3n) is 2.19. The lowest BCUT2D eigenvalue weighted by atomic mass is 10.3. The van der Waals surface area contributed by atoms with Crippen LogP contribution in [0.4, 0.5) is 10.1 Å². The average molecular weight is 275 g/mol. The van der Waals surface area contributed by atoms with E-state index < -0.39 is 0 Å². The van der Waals surface area contributed by atoms with Gasteiger partial charge in [-0.15, -0.1) is 0 Å². The molecule has 2 nitrogen and oxygen atoms in total. The molecule has 1 N–H and O–H groups in total. The third-order valence-corrected chi connectivity index (χ3v) is 2.69. The molecule has 0 bridgehead atoms. The van der Waals surface area contributed by atoms with Crippen LogP contribution in [0.25, 0.3) is 0 Å². The van der Waals surface area contributed by atoms with E-state index in [1.165, 1.54) is 6.07 Å². The second-order valence-electron chi connectivity index (χ2n) is 3.37. The Balaban J connectivity index is 2.64. The van der Waals surface area contributed by atoms with Gasteiger partial charge in [-0.1, -0.05) is 22.9 Å². The molecule has 0 aliphatic rings. The number of hydrogen-bond acceptors (Lipinski definition) is 2.